The molecule has 0 saturated heterocycles. The molecular weight excluding hydrogens is 410 g/mol. The average Bonchev–Trinajstić information content (AvgIpc) is 2.79. The van der Waals surface area contributed by atoms with E-state index in [-0.39, 0.29) is 36.2 Å². The molecule has 0 unspecified atom stereocenters. The molecule has 0 bridgehead atoms. The van der Waals surface area contributed by atoms with Crippen LogP contribution in [0.4, 0.5) is 8.78 Å². The number of benzene rings is 3. The number of hydrogen-bond donors (Lipinski definition) is 1. The molecule has 0 fully saturated rings. The highest BCUT2D eigenvalue weighted by molar-refractivity contribution is 5.88. The predicted octanol–water partition coefficient (Wildman–Crippen LogP) is 4.28. The van der Waals surface area contributed by atoms with Crippen LogP contribution in [0.2, 0.25) is 0 Å². The maximum absolute atomic E-state index is 14.2. The van der Waals surface area contributed by atoms with Gasteiger partial charge in [0.15, 0.2) is 0 Å². The van der Waals surface area contributed by atoms with Crippen LogP contribution >= 0.6 is 0 Å². The third kappa shape index (κ3) is 6.23. The topological polar surface area (TPSA) is 49.4 Å². The van der Waals surface area contributed by atoms with E-state index in [1.807, 2.05) is 37.3 Å². The first-order chi connectivity index (χ1) is 15.5. The SMILES string of the molecule is CCNC(=O)[C@H](Cc1ccccc1)N(Cc1ccc(F)cc1)C(=O)Cc1ccccc1F. The molecule has 2 amide bonds. The van der Waals surface area contributed by atoms with Gasteiger partial charge in [0.25, 0.3) is 0 Å². The highest BCUT2D eigenvalue weighted by Gasteiger charge is 2.30. The Morgan fingerprint density at radius 2 is 1.53 bits per heavy atom. The van der Waals surface area contributed by atoms with Crippen LogP contribution in [-0.2, 0) is 29.0 Å². The van der Waals surface area contributed by atoms with Crippen LogP contribution < -0.4 is 5.32 Å². The van der Waals surface area contributed by atoms with Crippen molar-refractivity contribution >= 4 is 11.8 Å². The molecule has 0 radical (unpaired) electrons. The minimum absolute atomic E-state index is 0.0994. The number of likely N-dealkylation sites (N-methyl/N-ethyl adjacent to an activating group) is 1. The number of halogens is 2. The maximum atomic E-state index is 14.2. The third-order valence-electron chi connectivity index (χ3n) is 5.19. The fraction of sp³-hybridized carbons (Fsp3) is 0.231. The lowest BCUT2D eigenvalue weighted by Gasteiger charge is -2.31. The zero-order valence-electron chi connectivity index (χ0n) is 17.9. The summed E-state index contributed by atoms with van der Waals surface area (Å²) in [5, 5.41) is 2.80. The van der Waals surface area contributed by atoms with Crippen molar-refractivity contribution in [1.29, 1.82) is 0 Å². The number of carbonyl (C=O) groups is 2. The van der Waals surface area contributed by atoms with Gasteiger partial charge in [0.05, 0.1) is 6.42 Å². The number of rotatable bonds is 9. The molecule has 0 aliphatic rings. The maximum Gasteiger partial charge on any atom is 0.243 e. The zero-order chi connectivity index (χ0) is 22.9. The number of nitrogens with one attached hydrogen (secondary N) is 1. The summed E-state index contributed by atoms with van der Waals surface area (Å²) in [6, 6.07) is 20.5. The van der Waals surface area contributed by atoms with Gasteiger partial charge in [-0.1, -0.05) is 60.7 Å². The molecular formula is C26H26F2N2O2. The molecule has 3 aromatic carbocycles. The summed E-state index contributed by atoms with van der Waals surface area (Å²) in [4.78, 5) is 27.9. The molecule has 32 heavy (non-hydrogen) atoms. The summed E-state index contributed by atoms with van der Waals surface area (Å²) in [6.07, 6.45) is 0.120. The number of hydrogen-bond acceptors (Lipinski definition) is 2. The Balaban J connectivity index is 1.95. The van der Waals surface area contributed by atoms with Crippen LogP contribution in [0.3, 0.4) is 0 Å². The van der Waals surface area contributed by atoms with E-state index in [2.05, 4.69) is 5.32 Å². The van der Waals surface area contributed by atoms with E-state index < -0.39 is 11.9 Å². The summed E-state index contributed by atoms with van der Waals surface area (Å²) >= 11 is 0. The van der Waals surface area contributed by atoms with Crippen LogP contribution in [0.15, 0.2) is 78.9 Å². The van der Waals surface area contributed by atoms with E-state index in [4.69, 9.17) is 0 Å². The summed E-state index contributed by atoms with van der Waals surface area (Å²) in [7, 11) is 0. The van der Waals surface area contributed by atoms with Crippen molar-refractivity contribution in [2.24, 2.45) is 0 Å². The predicted molar refractivity (Wildman–Crippen MR) is 120 cm³/mol. The lowest BCUT2D eigenvalue weighted by molar-refractivity contribution is -0.140. The van der Waals surface area contributed by atoms with Gasteiger partial charge in [0, 0.05) is 19.5 Å². The van der Waals surface area contributed by atoms with E-state index in [0.29, 0.717) is 18.5 Å². The first kappa shape index (κ1) is 23.1. The summed E-state index contributed by atoms with van der Waals surface area (Å²) in [5.74, 6) is -1.53. The van der Waals surface area contributed by atoms with Crippen molar-refractivity contribution < 1.29 is 18.4 Å². The van der Waals surface area contributed by atoms with E-state index in [1.54, 1.807) is 30.3 Å². The van der Waals surface area contributed by atoms with E-state index >= 15 is 0 Å². The fourth-order valence-corrected chi connectivity index (χ4v) is 3.54. The molecule has 1 atom stereocenters. The van der Waals surface area contributed by atoms with Gasteiger partial charge in [-0.2, -0.15) is 0 Å². The van der Waals surface area contributed by atoms with Crippen LogP contribution in [-0.4, -0.2) is 29.3 Å². The van der Waals surface area contributed by atoms with Gasteiger partial charge in [0.1, 0.15) is 17.7 Å². The first-order valence-corrected chi connectivity index (χ1v) is 10.6. The van der Waals surface area contributed by atoms with Gasteiger partial charge in [-0.3, -0.25) is 9.59 Å². The average molecular weight is 437 g/mol. The van der Waals surface area contributed by atoms with Gasteiger partial charge in [0.2, 0.25) is 11.8 Å². The Kier molecular flexibility index (Phi) is 8.08. The fourth-order valence-electron chi connectivity index (χ4n) is 3.54. The zero-order valence-corrected chi connectivity index (χ0v) is 17.9. The Hall–Kier alpha value is -3.54. The van der Waals surface area contributed by atoms with E-state index in [9.17, 15) is 18.4 Å². The first-order valence-electron chi connectivity index (χ1n) is 10.6. The number of carbonyl (C=O) groups excluding carboxylic acids is 2. The molecule has 0 aliphatic carbocycles. The van der Waals surface area contributed by atoms with Crippen molar-refractivity contribution in [2.45, 2.75) is 32.4 Å². The highest BCUT2D eigenvalue weighted by Crippen LogP contribution is 2.18. The van der Waals surface area contributed by atoms with Crippen molar-refractivity contribution in [3.8, 4) is 0 Å². The summed E-state index contributed by atoms with van der Waals surface area (Å²) in [5.41, 5.74) is 1.83. The van der Waals surface area contributed by atoms with Gasteiger partial charge in [-0.15, -0.1) is 0 Å². The molecule has 3 aromatic rings. The Bertz CT molecular complexity index is 1040. The number of nitrogens with zero attached hydrogens (tertiary/aromatic N) is 1. The van der Waals surface area contributed by atoms with Crippen LogP contribution in [0.1, 0.15) is 23.6 Å². The lowest BCUT2D eigenvalue weighted by Crippen LogP contribution is -2.51. The lowest BCUT2D eigenvalue weighted by atomic mass is 10.0. The molecule has 0 saturated carbocycles. The molecule has 4 nitrogen and oxygen atoms in total. The molecule has 0 aliphatic heterocycles. The third-order valence-corrected chi connectivity index (χ3v) is 5.19. The van der Waals surface area contributed by atoms with Crippen molar-refractivity contribution in [3.63, 3.8) is 0 Å². The quantitative estimate of drug-likeness (QED) is 0.544. The highest BCUT2D eigenvalue weighted by atomic mass is 19.1. The van der Waals surface area contributed by atoms with Gasteiger partial charge in [-0.25, -0.2) is 8.78 Å². The smallest absolute Gasteiger partial charge is 0.243 e. The molecule has 0 heterocycles. The molecule has 3 rings (SSSR count). The van der Waals surface area contributed by atoms with E-state index in [1.165, 1.54) is 23.1 Å². The second-order valence-corrected chi connectivity index (χ2v) is 7.52. The normalized spacial score (nSPS) is 11.6. The van der Waals surface area contributed by atoms with Gasteiger partial charge < -0.3 is 10.2 Å². The number of amides is 2. The second kappa shape index (κ2) is 11.2. The van der Waals surface area contributed by atoms with Crippen molar-refractivity contribution in [3.05, 3.63) is 107 Å². The summed E-state index contributed by atoms with van der Waals surface area (Å²) in [6.45, 7) is 2.32. The molecule has 0 spiro atoms. The molecule has 6 heteroatoms. The standard InChI is InChI=1S/C26H26F2N2O2/c1-2-29-26(32)24(16-19-8-4-3-5-9-19)30(18-20-12-14-22(27)15-13-20)25(31)17-21-10-6-7-11-23(21)28/h3-15,24H,2,16-18H2,1H3,(H,29,32)/t24-/m0/s1. The Labute approximate surface area is 186 Å². The molecule has 166 valence electrons. The van der Waals surface area contributed by atoms with Crippen LogP contribution in [0, 0.1) is 11.6 Å². The van der Waals surface area contributed by atoms with E-state index in [0.717, 1.165) is 5.56 Å². The van der Waals surface area contributed by atoms with Crippen LogP contribution in [0.25, 0.3) is 0 Å². The molecule has 1 N–H and O–H groups in total. The largest absolute Gasteiger partial charge is 0.355 e. The molecule has 0 aromatic heterocycles. The minimum atomic E-state index is -0.804. The van der Waals surface area contributed by atoms with Gasteiger partial charge in [-0.05, 0) is 41.8 Å². The van der Waals surface area contributed by atoms with Gasteiger partial charge >= 0.3 is 0 Å². The van der Waals surface area contributed by atoms with Crippen LogP contribution in [0.5, 0.6) is 0 Å². The van der Waals surface area contributed by atoms with Crippen molar-refractivity contribution in [1.82, 2.24) is 10.2 Å². The van der Waals surface area contributed by atoms with Crippen molar-refractivity contribution in [2.75, 3.05) is 6.54 Å². The Morgan fingerprint density at radius 3 is 2.19 bits per heavy atom. The second-order valence-electron chi connectivity index (χ2n) is 7.52. The monoisotopic (exact) mass is 436 g/mol. The Morgan fingerprint density at radius 1 is 0.875 bits per heavy atom. The minimum Gasteiger partial charge on any atom is -0.355 e. The summed E-state index contributed by atoms with van der Waals surface area (Å²) < 4.78 is 27.6.